The van der Waals surface area contributed by atoms with Crippen molar-refractivity contribution in [2.24, 2.45) is 0 Å². The Morgan fingerprint density at radius 3 is 0.918 bits per heavy atom. The van der Waals surface area contributed by atoms with E-state index < -0.39 is 12.1 Å². The lowest BCUT2D eigenvalue weighted by Gasteiger charge is -2.20. The highest BCUT2D eigenvalue weighted by Gasteiger charge is 2.18. The van der Waals surface area contributed by atoms with Crippen molar-refractivity contribution in [1.82, 2.24) is 5.32 Å². The van der Waals surface area contributed by atoms with E-state index in [0.717, 1.165) is 51.4 Å². The van der Waals surface area contributed by atoms with Gasteiger partial charge < -0.3 is 20.3 Å². The lowest BCUT2D eigenvalue weighted by Crippen LogP contribution is -2.45. The summed E-state index contributed by atoms with van der Waals surface area (Å²) in [4.78, 5) is 24.6. The molecule has 0 aromatic heterocycles. The van der Waals surface area contributed by atoms with Crippen LogP contribution in [0.25, 0.3) is 0 Å². The van der Waals surface area contributed by atoms with E-state index in [-0.39, 0.29) is 18.5 Å². The molecule has 6 nitrogen and oxygen atoms in total. The second-order valence-electron chi connectivity index (χ2n) is 26.7. The van der Waals surface area contributed by atoms with Crippen LogP contribution in [0.1, 0.15) is 431 Å². The van der Waals surface area contributed by atoms with E-state index in [0.29, 0.717) is 19.4 Å². The largest absolute Gasteiger partial charge is 0.466 e. The number of nitrogens with one attached hydrogen (secondary N) is 1. The van der Waals surface area contributed by atoms with E-state index in [1.54, 1.807) is 6.08 Å². The van der Waals surface area contributed by atoms with Crippen LogP contribution >= 0.6 is 0 Å². The van der Waals surface area contributed by atoms with Crippen LogP contribution in [0.2, 0.25) is 0 Å². The fourth-order valence-corrected chi connectivity index (χ4v) is 12.3. The summed E-state index contributed by atoms with van der Waals surface area (Å²) in [5, 5.41) is 23.3. The lowest BCUT2D eigenvalue weighted by molar-refractivity contribution is -0.143. The quantitative estimate of drug-likeness (QED) is 0.0320. The van der Waals surface area contributed by atoms with Crippen molar-refractivity contribution in [2.45, 2.75) is 443 Å². The molecule has 2 unspecified atom stereocenters. The van der Waals surface area contributed by atoms with E-state index in [2.05, 4.69) is 43.5 Å². The third kappa shape index (κ3) is 71.0. The summed E-state index contributed by atoms with van der Waals surface area (Å²) in [6.45, 7) is 4.92. The van der Waals surface area contributed by atoms with Gasteiger partial charge in [0.25, 0.3) is 0 Å². The number of hydrogen-bond acceptors (Lipinski definition) is 5. The molecular weight excluding hydrogens is 1040 g/mol. The lowest BCUT2D eigenvalue weighted by atomic mass is 10.0. The molecule has 0 spiro atoms. The molecule has 6 heteroatoms. The first-order valence-electron chi connectivity index (χ1n) is 38.8. The van der Waals surface area contributed by atoms with Gasteiger partial charge in [-0.05, 0) is 64.2 Å². The second kappa shape index (κ2) is 74.5. The molecular formula is C79H151NO5. The summed E-state index contributed by atoms with van der Waals surface area (Å²) >= 11 is 0. The average Bonchev–Trinajstić information content (AvgIpc) is 3.51. The number of rotatable bonds is 73. The fraction of sp³-hybridized carbons (Fsp3) is 0.899. The van der Waals surface area contributed by atoms with Gasteiger partial charge in [0.05, 0.1) is 25.4 Å². The summed E-state index contributed by atoms with van der Waals surface area (Å²) in [5.74, 6) is -0.0539. The van der Waals surface area contributed by atoms with Gasteiger partial charge in [-0.15, -0.1) is 0 Å². The smallest absolute Gasteiger partial charge is 0.305 e. The molecule has 0 aliphatic carbocycles. The van der Waals surface area contributed by atoms with Crippen LogP contribution in [-0.4, -0.2) is 47.4 Å². The Hall–Kier alpha value is -1.92. The molecule has 0 rings (SSSR count). The first kappa shape index (κ1) is 83.1. The second-order valence-corrected chi connectivity index (χ2v) is 26.7. The maximum atomic E-state index is 12.6. The summed E-state index contributed by atoms with van der Waals surface area (Å²) in [6.07, 6.45) is 96.8. The Bertz CT molecular complexity index is 1380. The number of ether oxygens (including phenoxy) is 1. The van der Waals surface area contributed by atoms with Crippen LogP contribution in [0, 0.1) is 0 Å². The summed E-state index contributed by atoms with van der Waals surface area (Å²) < 4.78 is 5.49. The number of amides is 1. The summed E-state index contributed by atoms with van der Waals surface area (Å²) in [5.41, 5.74) is 0. The Labute approximate surface area is 532 Å². The van der Waals surface area contributed by atoms with Crippen molar-refractivity contribution in [3.8, 4) is 0 Å². The topological polar surface area (TPSA) is 95.9 Å². The Balaban J connectivity index is 3.37. The minimum absolute atomic E-state index is 0.00579. The predicted molar refractivity (Wildman–Crippen MR) is 375 cm³/mol. The number of unbranched alkanes of at least 4 members (excludes halogenated alkanes) is 58. The monoisotopic (exact) mass is 1190 g/mol. The van der Waals surface area contributed by atoms with Crippen LogP contribution in [0.3, 0.4) is 0 Å². The molecule has 0 saturated carbocycles. The number of allylic oxidation sites excluding steroid dienone is 5. The predicted octanol–water partition coefficient (Wildman–Crippen LogP) is 25.4. The minimum atomic E-state index is -0.844. The number of aliphatic hydroxyl groups excluding tert-OH is 2. The highest BCUT2D eigenvalue weighted by atomic mass is 16.5. The van der Waals surface area contributed by atoms with Gasteiger partial charge in [-0.2, -0.15) is 0 Å². The zero-order valence-electron chi connectivity index (χ0n) is 57.6. The molecule has 0 bridgehead atoms. The van der Waals surface area contributed by atoms with E-state index in [9.17, 15) is 19.8 Å². The average molecular weight is 1200 g/mol. The van der Waals surface area contributed by atoms with Gasteiger partial charge in [-0.3, -0.25) is 9.59 Å². The van der Waals surface area contributed by atoms with Gasteiger partial charge in [0.15, 0.2) is 0 Å². The molecule has 0 aliphatic rings. The number of carbonyl (C=O) groups is 2. The summed E-state index contributed by atoms with van der Waals surface area (Å²) in [6, 6.07) is -0.627. The van der Waals surface area contributed by atoms with Gasteiger partial charge in [0.2, 0.25) is 5.91 Å². The van der Waals surface area contributed by atoms with Crippen LogP contribution in [0.15, 0.2) is 36.5 Å². The Morgan fingerprint density at radius 2 is 0.588 bits per heavy atom. The fourth-order valence-electron chi connectivity index (χ4n) is 12.3. The molecule has 0 aromatic carbocycles. The van der Waals surface area contributed by atoms with Gasteiger partial charge >= 0.3 is 5.97 Å². The van der Waals surface area contributed by atoms with Gasteiger partial charge in [0.1, 0.15) is 0 Å². The molecule has 1 amide bonds. The standard InChI is InChI=1S/C79H151NO5/c1-3-5-7-9-11-13-15-17-19-20-21-22-23-31-34-37-40-44-47-51-55-59-63-67-71-77(82)76(75-81)80-78(83)72-68-64-60-56-52-48-45-41-38-35-32-29-27-25-24-26-28-30-33-36-39-42-46-50-54-58-62-66-70-74-85-79(84)73-69-65-61-57-53-49-43-18-16-14-12-10-8-6-4-2/h12,14,18,43,67,71,76-77,81-82H,3-11,13,15-17,19-42,44-66,68-70,72-75H2,1-2H3,(H,80,83)/b14-12-,43-18-,71-67+. The van der Waals surface area contributed by atoms with E-state index in [4.69, 9.17) is 4.74 Å². The SMILES string of the molecule is CCCCC/C=C\C/C=C\CCCCCCCC(=O)OCCCCCCCCCCCCCCCCCCCCCCCCCCCCCCCC(=O)NC(CO)C(O)/C=C/CCCCCCCCCCCCCCCCCCCCCCCC. The molecule has 0 saturated heterocycles. The molecule has 0 heterocycles. The number of carbonyl (C=O) groups excluding carboxylic acids is 2. The van der Waals surface area contributed by atoms with Crippen LogP contribution in [0.4, 0.5) is 0 Å². The maximum absolute atomic E-state index is 12.6. The van der Waals surface area contributed by atoms with E-state index >= 15 is 0 Å². The number of esters is 1. The zero-order chi connectivity index (χ0) is 61.3. The zero-order valence-corrected chi connectivity index (χ0v) is 57.6. The number of aliphatic hydroxyl groups is 2. The molecule has 85 heavy (non-hydrogen) atoms. The van der Waals surface area contributed by atoms with Crippen molar-refractivity contribution >= 4 is 11.9 Å². The van der Waals surface area contributed by atoms with Crippen LogP contribution in [0.5, 0.6) is 0 Å². The summed E-state index contributed by atoms with van der Waals surface area (Å²) in [7, 11) is 0. The van der Waals surface area contributed by atoms with E-state index in [1.165, 1.54) is 353 Å². The van der Waals surface area contributed by atoms with Crippen molar-refractivity contribution < 1.29 is 24.5 Å². The molecule has 0 aliphatic heterocycles. The molecule has 0 fully saturated rings. The maximum Gasteiger partial charge on any atom is 0.305 e. The highest BCUT2D eigenvalue weighted by molar-refractivity contribution is 5.76. The molecule has 2 atom stereocenters. The third-order valence-electron chi connectivity index (χ3n) is 18.2. The van der Waals surface area contributed by atoms with Gasteiger partial charge in [0, 0.05) is 12.8 Å². The third-order valence-corrected chi connectivity index (χ3v) is 18.2. The van der Waals surface area contributed by atoms with E-state index in [1.807, 2.05) is 6.08 Å². The highest BCUT2D eigenvalue weighted by Crippen LogP contribution is 2.20. The molecule has 502 valence electrons. The van der Waals surface area contributed by atoms with Crippen molar-refractivity contribution in [1.29, 1.82) is 0 Å². The Morgan fingerprint density at radius 1 is 0.329 bits per heavy atom. The number of hydrogen-bond donors (Lipinski definition) is 3. The van der Waals surface area contributed by atoms with Crippen LogP contribution < -0.4 is 5.32 Å². The Kier molecular flexibility index (Phi) is 72.9. The first-order valence-corrected chi connectivity index (χ1v) is 38.8. The molecule has 0 radical (unpaired) electrons. The molecule has 3 N–H and O–H groups in total. The van der Waals surface area contributed by atoms with Gasteiger partial charge in [-0.1, -0.05) is 391 Å². The van der Waals surface area contributed by atoms with Crippen molar-refractivity contribution in [2.75, 3.05) is 13.2 Å². The van der Waals surface area contributed by atoms with Crippen molar-refractivity contribution in [3.63, 3.8) is 0 Å². The van der Waals surface area contributed by atoms with Crippen molar-refractivity contribution in [3.05, 3.63) is 36.5 Å². The first-order chi connectivity index (χ1) is 42.0. The van der Waals surface area contributed by atoms with Gasteiger partial charge in [-0.25, -0.2) is 0 Å². The molecule has 0 aromatic rings. The minimum Gasteiger partial charge on any atom is -0.466 e. The van der Waals surface area contributed by atoms with Crippen LogP contribution in [-0.2, 0) is 14.3 Å². The normalized spacial score (nSPS) is 12.7.